The zero-order valence-corrected chi connectivity index (χ0v) is 21.2. The quantitative estimate of drug-likeness (QED) is 0.510. The first-order valence-electron chi connectivity index (χ1n) is 11.1. The maximum atomic E-state index is 14.4. The Kier molecular flexibility index (Phi) is 7.53. The van der Waals surface area contributed by atoms with Crippen LogP contribution >= 0.6 is 11.6 Å². The summed E-state index contributed by atoms with van der Waals surface area (Å²) >= 11 is 6.35. The number of halogens is 4. The number of benzene rings is 2. The number of rotatable bonds is 7. The number of amides is 1. The summed E-state index contributed by atoms with van der Waals surface area (Å²) in [5.41, 5.74) is -5.11. The number of hydrogen-bond acceptors (Lipinski definition) is 6. The van der Waals surface area contributed by atoms with Gasteiger partial charge in [-0.15, -0.1) is 0 Å². The van der Waals surface area contributed by atoms with Gasteiger partial charge in [0.1, 0.15) is 11.5 Å². The third-order valence-electron chi connectivity index (χ3n) is 6.12. The van der Waals surface area contributed by atoms with E-state index in [9.17, 15) is 27.9 Å². The van der Waals surface area contributed by atoms with E-state index >= 15 is 0 Å². The number of carbonyl (C=O) groups excluding carboxylic acids is 2. The molecule has 0 saturated carbocycles. The summed E-state index contributed by atoms with van der Waals surface area (Å²) < 4.78 is 59.3. The molecule has 0 spiro atoms. The van der Waals surface area contributed by atoms with Crippen LogP contribution in [0.15, 0.2) is 36.4 Å². The van der Waals surface area contributed by atoms with Crippen LogP contribution in [0.5, 0.6) is 11.5 Å². The lowest BCUT2D eigenvalue weighted by Gasteiger charge is -2.38. The van der Waals surface area contributed by atoms with Crippen LogP contribution < -0.4 is 14.4 Å². The van der Waals surface area contributed by atoms with Crippen LogP contribution in [0.4, 0.5) is 18.9 Å². The molecule has 1 N–H and O–H groups in total. The number of esters is 1. The van der Waals surface area contributed by atoms with Crippen molar-refractivity contribution in [1.82, 2.24) is 0 Å². The third-order valence-corrected chi connectivity index (χ3v) is 6.45. The molecular weight excluding hydrogens is 503 g/mol. The van der Waals surface area contributed by atoms with Gasteiger partial charge in [0.25, 0.3) is 5.91 Å². The lowest BCUT2D eigenvalue weighted by molar-refractivity contribution is -0.274. The Morgan fingerprint density at radius 1 is 1.22 bits per heavy atom. The van der Waals surface area contributed by atoms with Gasteiger partial charge in [-0.2, -0.15) is 13.2 Å². The highest BCUT2D eigenvalue weighted by molar-refractivity contribution is 6.31. The number of alkyl halides is 3. The Morgan fingerprint density at radius 2 is 1.89 bits per heavy atom. The first-order valence-corrected chi connectivity index (χ1v) is 11.5. The summed E-state index contributed by atoms with van der Waals surface area (Å²) in [6.45, 7) is 5.73. The van der Waals surface area contributed by atoms with Gasteiger partial charge in [0.15, 0.2) is 17.8 Å². The Labute approximate surface area is 211 Å². The minimum atomic E-state index is -5.11. The second-order valence-corrected chi connectivity index (χ2v) is 9.33. The normalized spacial score (nSPS) is 16.5. The first kappa shape index (κ1) is 27.6. The maximum Gasteiger partial charge on any atom is 0.422 e. The molecule has 0 aromatic heterocycles. The molecule has 0 radical (unpaired) electrons. The zero-order chi connectivity index (χ0) is 27.1. The van der Waals surface area contributed by atoms with Crippen molar-refractivity contribution >= 4 is 29.2 Å². The minimum Gasteiger partial charge on any atom is -0.482 e. The summed E-state index contributed by atoms with van der Waals surface area (Å²) in [5.74, 6) is -2.27. The van der Waals surface area contributed by atoms with Crippen molar-refractivity contribution in [3.8, 4) is 11.5 Å². The van der Waals surface area contributed by atoms with Gasteiger partial charge < -0.3 is 24.2 Å². The van der Waals surface area contributed by atoms with E-state index in [-0.39, 0.29) is 41.0 Å². The smallest absolute Gasteiger partial charge is 0.422 e. The number of fused-ring (bicyclic) bond motifs is 1. The third kappa shape index (κ3) is 4.97. The van der Waals surface area contributed by atoms with Gasteiger partial charge >= 0.3 is 12.1 Å². The van der Waals surface area contributed by atoms with E-state index in [1.165, 1.54) is 57.0 Å². The van der Waals surface area contributed by atoms with Crippen molar-refractivity contribution in [3.63, 3.8) is 0 Å². The molecule has 0 unspecified atom stereocenters. The number of carbonyl (C=O) groups is 2. The molecule has 196 valence electrons. The molecule has 1 heterocycles. The second-order valence-electron chi connectivity index (χ2n) is 8.93. The monoisotopic (exact) mass is 529 g/mol. The van der Waals surface area contributed by atoms with Crippen molar-refractivity contribution in [1.29, 1.82) is 0 Å². The first-order chi connectivity index (χ1) is 16.6. The average molecular weight is 530 g/mol. The lowest BCUT2D eigenvalue weighted by atomic mass is 9.77. The summed E-state index contributed by atoms with van der Waals surface area (Å²) in [6, 6.07) is 7.43. The largest absolute Gasteiger partial charge is 0.482 e. The van der Waals surface area contributed by atoms with Gasteiger partial charge in [-0.25, -0.2) is 4.79 Å². The van der Waals surface area contributed by atoms with E-state index in [1.54, 1.807) is 6.92 Å². The summed E-state index contributed by atoms with van der Waals surface area (Å²) in [7, 11) is 1.41. The summed E-state index contributed by atoms with van der Waals surface area (Å²) in [4.78, 5) is 25.3. The van der Waals surface area contributed by atoms with E-state index < -0.39 is 40.7 Å². The standard InChI is InChI=1S/C25H27ClF3NO6/c1-6-34-22(32)23(3,4)36-16-8-9-17(18(26)12-16)14(2)24(33,25(27,28)29)15-7-10-20-19(11-15)30(5)21(31)13-35-20/h7-12,14,33H,6,13H2,1-5H3/t14-,24-/m1/s1. The average Bonchev–Trinajstić information content (AvgIpc) is 2.79. The minimum absolute atomic E-state index is 0.00353. The van der Waals surface area contributed by atoms with Crippen LogP contribution in [0.1, 0.15) is 44.7 Å². The van der Waals surface area contributed by atoms with Crippen molar-refractivity contribution in [2.24, 2.45) is 0 Å². The SMILES string of the molecule is CCOC(=O)C(C)(C)Oc1ccc([C@@H](C)[C@@](O)(c2ccc3c(c2)N(C)C(=O)CO3)C(F)(F)F)c(Cl)c1. The lowest BCUT2D eigenvalue weighted by Crippen LogP contribution is -2.47. The molecule has 36 heavy (non-hydrogen) atoms. The highest BCUT2D eigenvalue weighted by Gasteiger charge is 2.59. The van der Waals surface area contributed by atoms with Crippen molar-refractivity contribution in [2.45, 2.75) is 51.0 Å². The van der Waals surface area contributed by atoms with Crippen LogP contribution in [-0.4, -0.2) is 49.0 Å². The van der Waals surface area contributed by atoms with Crippen LogP contribution in [0.2, 0.25) is 5.02 Å². The van der Waals surface area contributed by atoms with E-state index in [4.69, 9.17) is 25.8 Å². The van der Waals surface area contributed by atoms with Crippen LogP contribution in [0.3, 0.4) is 0 Å². The molecular formula is C25H27ClF3NO6. The van der Waals surface area contributed by atoms with Crippen LogP contribution in [0.25, 0.3) is 0 Å². The summed E-state index contributed by atoms with van der Waals surface area (Å²) in [5, 5.41) is 11.1. The van der Waals surface area contributed by atoms with Gasteiger partial charge in [-0.05, 0) is 56.2 Å². The second kappa shape index (κ2) is 9.82. The topological polar surface area (TPSA) is 85.3 Å². The number of aliphatic hydroxyl groups is 1. The Morgan fingerprint density at radius 3 is 2.47 bits per heavy atom. The maximum absolute atomic E-state index is 14.4. The predicted octanol–water partition coefficient (Wildman–Crippen LogP) is 4.97. The molecule has 1 aliphatic rings. The van der Waals surface area contributed by atoms with E-state index in [1.807, 2.05) is 0 Å². The number of nitrogens with zero attached hydrogens (tertiary/aromatic N) is 1. The highest BCUT2D eigenvalue weighted by atomic mass is 35.5. The predicted molar refractivity (Wildman–Crippen MR) is 127 cm³/mol. The van der Waals surface area contributed by atoms with E-state index in [0.717, 1.165) is 12.1 Å². The number of likely N-dealkylation sites (N-methyl/N-ethyl adjacent to an activating group) is 1. The summed E-state index contributed by atoms with van der Waals surface area (Å²) in [6.07, 6.45) is -5.11. The van der Waals surface area contributed by atoms with Crippen LogP contribution in [-0.2, 0) is 19.9 Å². The molecule has 2 atom stereocenters. The van der Waals surface area contributed by atoms with Gasteiger partial charge in [-0.3, -0.25) is 4.79 Å². The fourth-order valence-electron chi connectivity index (χ4n) is 3.96. The molecule has 11 heteroatoms. The van der Waals surface area contributed by atoms with Crippen molar-refractivity contribution in [3.05, 3.63) is 52.5 Å². The van der Waals surface area contributed by atoms with Crippen molar-refractivity contribution < 1.29 is 42.1 Å². The highest BCUT2D eigenvalue weighted by Crippen LogP contribution is 2.51. The molecule has 0 bridgehead atoms. The number of hydrogen-bond donors (Lipinski definition) is 1. The Hall–Kier alpha value is -2.98. The molecule has 1 amide bonds. The number of anilines is 1. The van der Waals surface area contributed by atoms with Gasteiger partial charge in [0, 0.05) is 18.0 Å². The fraction of sp³-hybridized carbons (Fsp3) is 0.440. The van der Waals surface area contributed by atoms with E-state index in [2.05, 4.69) is 0 Å². The van der Waals surface area contributed by atoms with E-state index in [0.29, 0.717) is 0 Å². The Balaban J connectivity index is 2.01. The van der Waals surface area contributed by atoms with Crippen molar-refractivity contribution in [2.75, 3.05) is 25.2 Å². The molecule has 1 aliphatic heterocycles. The molecule has 0 fully saturated rings. The van der Waals surface area contributed by atoms with Gasteiger partial charge in [-0.1, -0.05) is 30.7 Å². The Bertz CT molecular complexity index is 1170. The molecule has 7 nitrogen and oxygen atoms in total. The molecule has 0 aliphatic carbocycles. The van der Waals surface area contributed by atoms with Gasteiger partial charge in [0.05, 0.1) is 12.3 Å². The zero-order valence-electron chi connectivity index (χ0n) is 20.4. The molecule has 2 aromatic carbocycles. The van der Waals surface area contributed by atoms with Crippen LogP contribution in [0, 0.1) is 0 Å². The number of ether oxygens (including phenoxy) is 3. The molecule has 2 aromatic rings. The molecule has 3 rings (SSSR count). The molecule has 0 saturated heterocycles. The van der Waals surface area contributed by atoms with Gasteiger partial charge in [0.2, 0.25) is 0 Å². The fourth-order valence-corrected chi connectivity index (χ4v) is 4.29.